The fraction of sp³-hybridized carbons (Fsp3) is 0.409. The molecule has 0 aromatic heterocycles. The van der Waals surface area contributed by atoms with E-state index in [1.54, 1.807) is 0 Å². The Kier molecular flexibility index (Phi) is 6.22. The Morgan fingerprint density at radius 3 is 2.41 bits per heavy atom. The molecule has 1 heterocycles. The lowest BCUT2D eigenvalue weighted by atomic mass is 10.1. The lowest BCUT2D eigenvalue weighted by Gasteiger charge is -2.24. The van der Waals surface area contributed by atoms with Crippen molar-refractivity contribution in [2.75, 3.05) is 43.2 Å². The summed E-state index contributed by atoms with van der Waals surface area (Å²) < 4.78 is 11.3. The van der Waals surface area contributed by atoms with Gasteiger partial charge in [0.25, 0.3) is 0 Å². The number of rotatable bonds is 6. The molecular formula is C22H28N2O3. The van der Waals surface area contributed by atoms with E-state index in [2.05, 4.69) is 18.0 Å². The molecule has 2 aromatic carbocycles. The Balaban J connectivity index is 1.83. The molecule has 0 saturated carbocycles. The smallest absolute Gasteiger partial charge is 0.231 e. The van der Waals surface area contributed by atoms with Gasteiger partial charge in [0.05, 0.1) is 31.0 Å². The van der Waals surface area contributed by atoms with Crippen molar-refractivity contribution >= 4 is 17.3 Å². The van der Waals surface area contributed by atoms with E-state index < -0.39 is 0 Å². The monoisotopic (exact) mass is 368 g/mol. The topological polar surface area (TPSA) is 42.0 Å². The Labute approximate surface area is 161 Å². The molecule has 0 fully saturated rings. The number of nitrogens with zero attached hydrogens (tertiary/aromatic N) is 2. The molecule has 0 spiro atoms. The van der Waals surface area contributed by atoms with Gasteiger partial charge in [0.15, 0.2) is 11.5 Å². The maximum absolute atomic E-state index is 13.1. The van der Waals surface area contributed by atoms with Crippen LogP contribution in [0.5, 0.6) is 11.5 Å². The summed E-state index contributed by atoms with van der Waals surface area (Å²) >= 11 is 0. The first kappa shape index (κ1) is 19.1. The third-order valence-electron chi connectivity index (χ3n) is 4.72. The van der Waals surface area contributed by atoms with Gasteiger partial charge in [-0.3, -0.25) is 4.79 Å². The molecule has 0 bridgehead atoms. The molecule has 0 aliphatic carbocycles. The molecule has 0 N–H and O–H groups in total. The molecule has 3 rings (SSSR count). The van der Waals surface area contributed by atoms with E-state index in [0.29, 0.717) is 25.4 Å². The molecule has 1 amide bonds. The first-order chi connectivity index (χ1) is 13.1. The van der Waals surface area contributed by atoms with Gasteiger partial charge in [-0.05, 0) is 50.1 Å². The van der Waals surface area contributed by atoms with Crippen LogP contribution in [0.25, 0.3) is 0 Å². The van der Waals surface area contributed by atoms with E-state index in [4.69, 9.17) is 9.47 Å². The van der Waals surface area contributed by atoms with Crippen LogP contribution in [0.2, 0.25) is 0 Å². The average molecular weight is 368 g/mol. The van der Waals surface area contributed by atoms with Crippen LogP contribution >= 0.6 is 0 Å². The Morgan fingerprint density at radius 1 is 0.963 bits per heavy atom. The summed E-state index contributed by atoms with van der Waals surface area (Å²) in [6.45, 7) is 6.70. The number of fused-ring (bicyclic) bond motifs is 1. The minimum atomic E-state index is 0.101. The summed E-state index contributed by atoms with van der Waals surface area (Å²) in [5.41, 5.74) is 3.02. The molecule has 1 aliphatic heterocycles. The normalized spacial score (nSPS) is 13.7. The number of para-hydroxylation sites is 2. The SMILES string of the molecule is CCOc1ccc(CC(=O)N2CCCN(C)c3ccccc32)cc1OCC. The first-order valence-corrected chi connectivity index (χ1v) is 9.63. The van der Waals surface area contributed by atoms with E-state index in [1.807, 2.05) is 55.1 Å². The highest BCUT2D eigenvalue weighted by Gasteiger charge is 2.23. The van der Waals surface area contributed by atoms with Gasteiger partial charge < -0.3 is 19.3 Å². The van der Waals surface area contributed by atoms with Crippen molar-refractivity contribution in [1.29, 1.82) is 0 Å². The van der Waals surface area contributed by atoms with Crippen LogP contribution in [-0.4, -0.2) is 39.3 Å². The molecule has 0 radical (unpaired) electrons. The van der Waals surface area contributed by atoms with E-state index in [0.717, 1.165) is 42.2 Å². The zero-order valence-corrected chi connectivity index (χ0v) is 16.4. The summed E-state index contributed by atoms with van der Waals surface area (Å²) in [5.74, 6) is 1.52. The van der Waals surface area contributed by atoms with Gasteiger partial charge in [0.2, 0.25) is 5.91 Å². The van der Waals surface area contributed by atoms with E-state index >= 15 is 0 Å². The fourth-order valence-electron chi connectivity index (χ4n) is 3.46. The van der Waals surface area contributed by atoms with Crippen LogP contribution in [0.15, 0.2) is 42.5 Å². The Morgan fingerprint density at radius 2 is 1.67 bits per heavy atom. The number of benzene rings is 2. The minimum absolute atomic E-state index is 0.101. The Bertz CT molecular complexity index is 791. The molecule has 0 saturated heterocycles. The van der Waals surface area contributed by atoms with Gasteiger partial charge in [-0.25, -0.2) is 0 Å². The number of carbonyl (C=O) groups excluding carboxylic acids is 1. The van der Waals surface area contributed by atoms with Gasteiger partial charge in [-0.1, -0.05) is 18.2 Å². The zero-order chi connectivity index (χ0) is 19.2. The van der Waals surface area contributed by atoms with Crippen LogP contribution < -0.4 is 19.3 Å². The minimum Gasteiger partial charge on any atom is -0.490 e. The molecule has 5 nitrogen and oxygen atoms in total. The van der Waals surface area contributed by atoms with E-state index in [-0.39, 0.29) is 5.91 Å². The highest BCUT2D eigenvalue weighted by Crippen LogP contribution is 2.32. The van der Waals surface area contributed by atoms with Crippen LogP contribution in [0.3, 0.4) is 0 Å². The molecule has 27 heavy (non-hydrogen) atoms. The second-order valence-electron chi connectivity index (χ2n) is 6.63. The molecule has 0 atom stereocenters. The maximum atomic E-state index is 13.1. The van der Waals surface area contributed by atoms with Crippen molar-refractivity contribution in [3.8, 4) is 11.5 Å². The van der Waals surface area contributed by atoms with Crippen molar-refractivity contribution in [3.05, 3.63) is 48.0 Å². The quantitative estimate of drug-likeness (QED) is 0.776. The first-order valence-electron chi connectivity index (χ1n) is 9.63. The van der Waals surface area contributed by atoms with Crippen molar-refractivity contribution < 1.29 is 14.3 Å². The van der Waals surface area contributed by atoms with Crippen LogP contribution in [0, 0.1) is 0 Å². The third-order valence-corrected chi connectivity index (χ3v) is 4.72. The Hall–Kier alpha value is -2.69. The van der Waals surface area contributed by atoms with Gasteiger partial charge in [0, 0.05) is 20.1 Å². The summed E-state index contributed by atoms with van der Waals surface area (Å²) in [7, 11) is 2.08. The van der Waals surface area contributed by atoms with Gasteiger partial charge in [0.1, 0.15) is 0 Å². The predicted molar refractivity (Wildman–Crippen MR) is 109 cm³/mol. The van der Waals surface area contributed by atoms with Crippen LogP contribution in [-0.2, 0) is 11.2 Å². The molecule has 2 aromatic rings. The maximum Gasteiger partial charge on any atom is 0.231 e. The highest BCUT2D eigenvalue weighted by atomic mass is 16.5. The fourth-order valence-corrected chi connectivity index (χ4v) is 3.46. The van der Waals surface area contributed by atoms with E-state index in [1.165, 1.54) is 0 Å². The summed E-state index contributed by atoms with van der Waals surface area (Å²) in [4.78, 5) is 17.2. The van der Waals surface area contributed by atoms with Gasteiger partial charge in [-0.2, -0.15) is 0 Å². The average Bonchev–Trinajstić information content (AvgIpc) is 2.83. The predicted octanol–water partition coefficient (Wildman–Crippen LogP) is 3.90. The van der Waals surface area contributed by atoms with Crippen molar-refractivity contribution in [2.45, 2.75) is 26.7 Å². The zero-order valence-electron chi connectivity index (χ0n) is 16.4. The largest absolute Gasteiger partial charge is 0.490 e. The number of ether oxygens (including phenoxy) is 2. The van der Waals surface area contributed by atoms with Crippen LogP contribution in [0.1, 0.15) is 25.8 Å². The standard InChI is InChI=1S/C22H28N2O3/c1-4-26-20-12-11-17(15-21(20)27-5-2)16-22(25)24-14-8-13-23(3)18-9-6-7-10-19(18)24/h6-7,9-12,15H,4-5,8,13-14,16H2,1-3H3. The number of hydrogen-bond donors (Lipinski definition) is 0. The van der Waals surface area contributed by atoms with Gasteiger partial charge >= 0.3 is 0 Å². The number of carbonyl (C=O) groups is 1. The summed E-state index contributed by atoms with van der Waals surface area (Å²) in [5, 5.41) is 0. The lowest BCUT2D eigenvalue weighted by Crippen LogP contribution is -2.32. The summed E-state index contributed by atoms with van der Waals surface area (Å²) in [6.07, 6.45) is 1.29. The highest BCUT2D eigenvalue weighted by molar-refractivity contribution is 5.98. The number of anilines is 2. The van der Waals surface area contributed by atoms with Crippen LogP contribution in [0.4, 0.5) is 11.4 Å². The molecule has 1 aliphatic rings. The van der Waals surface area contributed by atoms with Crippen molar-refractivity contribution in [1.82, 2.24) is 0 Å². The lowest BCUT2D eigenvalue weighted by molar-refractivity contribution is -0.118. The molecular weight excluding hydrogens is 340 g/mol. The third kappa shape index (κ3) is 4.35. The number of amides is 1. The number of hydrogen-bond acceptors (Lipinski definition) is 4. The molecule has 5 heteroatoms. The van der Waals surface area contributed by atoms with Crippen molar-refractivity contribution in [2.24, 2.45) is 0 Å². The molecule has 144 valence electrons. The molecule has 0 unspecified atom stereocenters. The van der Waals surface area contributed by atoms with Crippen molar-refractivity contribution in [3.63, 3.8) is 0 Å². The second kappa shape index (κ2) is 8.80. The van der Waals surface area contributed by atoms with Gasteiger partial charge in [-0.15, -0.1) is 0 Å². The second-order valence-corrected chi connectivity index (χ2v) is 6.63. The summed E-state index contributed by atoms with van der Waals surface area (Å²) in [6, 6.07) is 13.9. The van der Waals surface area contributed by atoms with E-state index in [9.17, 15) is 4.79 Å².